The molecule has 1 aliphatic carbocycles. The van der Waals surface area contributed by atoms with Gasteiger partial charge in [0.2, 0.25) is 5.88 Å². The predicted octanol–water partition coefficient (Wildman–Crippen LogP) is 2.45. The van der Waals surface area contributed by atoms with Crippen LogP contribution in [0.25, 0.3) is 0 Å². The second-order valence-electron chi connectivity index (χ2n) is 5.23. The summed E-state index contributed by atoms with van der Waals surface area (Å²) in [5.41, 5.74) is 6.52. The largest absolute Gasteiger partial charge is 0.473 e. The van der Waals surface area contributed by atoms with Gasteiger partial charge in [-0.2, -0.15) is 4.98 Å². The number of hydrogen-bond acceptors (Lipinski definition) is 5. The number of nitrogens with zero attached hydrogens (tertiary/aromatic N) is 2. The van der Waals surface area contributed by atoms with Crippen molar-refractivity contribution in [1.82, 2.24) is 9.97 Å². The molecule has 1 aliphatic rings. The molecule has 1 heterocycles. The Kier molecular flexibility index (Phi) is 3.89. The summed E-state index contributed by atoms with van der Waals surface area (Å²) in [7, 11) is 0. The first-order chi connectivity index (χ1) is 8.58. The molecule has 1 aromatic rings. The molecular weight excluding hydrogens is 228 g/mol. The van der Waals surface area contributed by atoms with E-state index in [0.717, 1.165) is 5.92 Å². The van der Waals surface area contributed by atoms with Crippen LogP contribution in [0, 0.1) is 5.92 Å². The Balaban J connectivity index is 2.07. The zero-order valence-corrected chi connectivity index (χ0v) is 11.3. The molecule has 1 fully saturated rings. The molecule has 0 aromatic carbocycles. The van der Waals surface area contributed by atoms with E-state index in [1.165, 1.54) is 25.6 Å². The van der Waals surface area contributed by atoms with Crippen molar-refractivity contribution in [2.24, 2.45) is 5.92 Å². The first kappa shape index (κ1) is 12.9. The average molecular weight is 250 g/mol. The van der Waals surface area contributed by atoms with E-state index in [2.05, 4.69) is 22.2 Å². The van der Waals surface area contributed by atoms with E-state index in [0.29, 0.717) is 23.4 Å². The molecule has 0 radical (unpaired) electrons. The molecule has 1 aromatic heterocycles. The lowest BCUT2D eigenvalue weighted by Gasteiger charge is -2.32. The highest BCUT2D eigenvalue weighted by Gasteiger charge is 2.25. The lowest BCUT2D eigenvalue weighted by molar-refractivity contribution is 0.234. The van der Waals surface area contributed by atoms with Gasteiger partial charge in [0, 0.05) is 6.04 Å². The van der Waals surface area contributed by atoms with E-state index >= 15 is 0 Å². The van der Waals surface area contributed by atoms with Gasteiger partial charge in [0.05, 0.1) is 6.10 Å². The fraction of sp³-hybridized carbons (Fsp3) is 0.692. The molecule has 100 valence electrons. The number of aromatic nitrogens is 2. The number of anilines is 2. The maximum atomic E-state index is 6.03. The SMILES string of the molecule is CC(C)Oc1ncnc(NC(C)C2CCC2)c1N. The minimum Gasteiger partial charge on any atom is -0.473 e. The van der Waals surface area contributed by atoms with Gasteiger partial charge in [-0.1, -0.05) is 6.42 Å². The summed E-state index contributed by atoms with van der Waals surface area (Å²) < 4.78 is 5.55. The monoisotopic (exact) mass is 250 g/mol. The number of nitrogen functional groups attached to an aromatic ring is 1. The van der Waals surface area contributed by atoms with Crippen molar-refractivity contribution in [1.29, 1.82) is 0 Å². The standard InChI is InChI=1S/C13H22N4O/c1-8(2)18-13-11(14)12(15-7-16-13)17-9(3)10-5-4-6-10/h7-10H,4-6,14H2,1-3H3,(H,15,16,17). The molecule has 1 atom stereocenters. The number of hydrogen-bond donors (Lipinski definition) is 2. The van der Waals surface area contributed by atoms with Crippen LogP contribution in [-0.2, 0) is 0 Å². The van der Waals surface area contributed by atoms with Crippen LogP contribution in [0.5, 0.6) is 5.88 Å². The molecule has 18 heavy (non-hydrogen) atoms. The lowest BCUT2D eigenvalue weighted by Crippen LogP contribution is -2.31. The molecule has 1 unspecified atom stereocenters. The minimum absolute atomic E-state index is 0.0547. The van der Waals surface area contributed by atoms with Crippen molar-refractivity contribution in [2.75, 3.05) is 11.1 Å². The third-order valence-electron chi connectivity index (χ3n) is 3.42. The molecule has 0 spiro atoms. The summed E-state index contributed by atoms with van der Waals surface area (Å²) in [6.07, 6.45) is 5.45. The van der Waals surface area contributed by atoms with E-state index in [1.54, 1.807) is 0 Å². The van der Waals surface area contributed by atoms with Crippen molar-refractivity contribution in [3.63, 3.8) is 0 Å². The second-order valence-corrected chi connectivity index (χ2v) is 5.23. The molecule has 0 bridgehead atoms. The second kappa shape index (κ2) is 5.42. The van der Waals surface area contributed by atoms with Crippen LogP contribution < -0.4 is 15.8 Å². The lowest BCUT2D eigenvalue weighted by atomic mass is 9.80. The van der Waals surface area contributed by atoms with E-state index in [1.807, 2.05) is 13.8 Å². The third-order valence-corrected chi connectivity index (χ3v) is 3.42. The zero-order chi connectivity index (χ0) is 13.1. The van der Waals surface area contributed by atoms with Crippen LogP contribution in [0.3, 0.4) is 0 Å². The highest BCUT2D eigenvalue weighted by atomic mass is 16.5. The fourth-order valence-electron chi connectivity index (χ4n) is 2.08. The van der Waals surface area contributed by atoms with Gasteiger partial charge < -0.3 is 15.8 Å². The highest BCUT2D eigenvalue weighted by Crippen LogP contribution is 2.33. The molecule has 0 aliphatic heterocycles. The van der Waals surface area contributed by atoms with Crippen LogP contribution in [0.4, 0.5) is 11.5 Å². The molecule has 3 N–H and O–H groups in total. The topological polar surface area (TPSA) is 73.1 Å². The van der Waals surface area contributed by atoms with Gasteiger partial charge in [-0.05, 0) is 39.5 Å². The van der Waals surface area contributed by atoms with E-state index in [4.69, 9.17) is 10.5 Å². The Hall–Kier alpha value is -1.52. The Morgan fingerprint density at radius 2 is 2.06 bits per heavy atom. The highest BCUT2D eigenvalue weighted by molar-refractivity contribution is 5.66. The Bertz CT molecular complexity index is 404. The molecule has 1 saturated carbocycles. The third kappa shape index (κ3) is 2.83. The first-order valence-electron chi connectivity index (χ1n) is 6.61. The van der Waals surface area contributed by atoms with Crippen molar-refractivity contribution in [3.05, 3.63) is 6.33 Å². The Labute approximate surface area is 108 Å². The van der Waals surface area contributed by atoms with E-state index in [9.17, 15) is 0 Å². The van der Waals surface area contributed by atoms with Crippen LogP contribution in [-0.4, -0.2) is 22.1 Å². The van der Waals surface area contributed by atoms with Gasteiger partial charge in [0.15, 0.2) is 5.82 Å². The summed E-state index contributed by atoms with van der Waals surface area (Å²) in [6.45, 7) is 6.08. The maximum absolute atomic E-state index is 6.03. The van der Waals surface area contributed by atoms with Crippen LogP contribution in [0.15, 0.2) is 6.33 Å². The molecule has 2 rings (SSSR count). The summed E-state index contributed by atoms with van der Waals surface area (Å²) in [5, 5.41) is 3.37. The first-order valence-corrected chi connectivity index (χ1v) is 6.61. The van der Waals surface area contributed by atoms with Crippen LogP contribution in [0.1, 0.15) is 40.0 Å². The van der Waals surface area contributed by atoms with E-state index in [-0.39, 0.29) is 6.10 Å². The summed E-state index contributed by atoms with van der Waals surface area (Å²) in [4.78, 5) is 8.27. The molecule has 0 amide bonds. The molecule has 5 heteroatoms. The normalized spacial score (nSPS) is 17.3. The number of ether oxygens (including phenoxy) is 1. The van der Waals surface area contributed by atoms with Gasteiger partial charge in [-0.15, -0.1) is 0 Å². The van der Waals surface area contributed by atoms with Crippen molar-refractivity contribution < 1.29 is 4.74 Å². The van der Waals surface area contributed by atoms with Gasteiger partial charge in [0.1, 0.15) is 12.0 Å². The Morgan fingerprint density at radius 1 is 1.33 bits per heavy atom. The molecule has 5 nitrogen and oxygen atoms in total. The van der Waals surface area contributed by atoms with Crippen molar-refractivity contribution in [3.8, 4) is 5.88 Å². The minimum atomic E-state index is 0.0547. The van der Waals surface area contributed by atoms with Gasteiger partial charge in [0.25, 0.3) is 0 Å². The number of nitrogens with two attached hydrogens (primary N) is 1. The van der Waals surface area contributed by atoms with Crippen molar-refractivity contribution >= 4 is 11.5 Å². The van der Waals surface area contributed by atoms with Crippen LogP contribution in [0.2, 0.25) is 0 Å². The van der Waals surface area contributed by atoms with Gasteiger partial charge in [-0.25, -0.2) is 4.98 Å². The average Bonchev–Trinajstić information content (AvgIpc) is 2.20. The summed E-state index contributed by atoms with van der Waals surface area (Å²) in [5.74, 6) is 1.87. The predicted molar refractivity (Wildman–Crippen MR) is 72.6 cm³/mol. The summed E-state index contributed by atoms with van der Waals surface area (Å²) in [6, 6.07) is 0.392. The number of nitrogens with one attached hydrogen (secondary N) is 1. The van der Waals surface area contributed by atoms with Gasteiger partial charge in [-0.3, -0.25) is 0 Å². The van der Waals surface area contributed by atoms with Crippen LogP contribution >= 0.6 is 0 Å². The fourth-order valence-corrected chi connectivity index (χ4v) is 2.08. The smallest absolute Gasteiger partial charge is 0.242 e. The van der Waals surface area contributed by atoms with Crippen molar-refractivity contribution in [2.45, 2.75) is 52.2 Å². The summed E-state index contributed by atoms with van der Waals surface area (Å²) >= 11 is 0. The van der Waals surface area contributed by atoms with Gasteiger partial charge >= 0.3 is 0 Å². The zero-order valence-electron chi connectivity index (χ0n) is 11.3. The molecule has 0 saturated heterocycles. The van der Waals surface area contributed by atoms with E-state index < -0.39 is 0 Å². The maximum Gasteiger partial charge on any atom is 0.242 e. The number of rotatable bonds is 5. The molecular formula is C13H22N4O. The Morgan fingerprint density at radius 3 is 2.61 bits per heavy atom. The quantitative estimate of drug-likeness (QED) is 0.839.